The number of rotatable bonds is 2. The van der Waals surface area contributed by atoms with Gasteiger partial charge in [-0.3, -0.25) is 0 Å². The molecule has 0 spiro atoms. The molecular formula is C22H28F2N2O2. The van der Waals surface area contributed by atoms with E-state index >= 15 is 0 Å². The van der Waals surface area contributed by atoms with Gasteiger partial charge in [-0.05, 0) is 61.1 Å². The fourth-order valence-electron chi connectivity index (χ4n) is 3.84. The molecule has 0 radical (unpaired) electrons. The lowest BCUT2D eigenvalue weighted by Crippen LogP contribution is -2.31. The van der Waals surface area contributed by atoms with Crippen LogP contribution in [0.15, 0.2) is 36.4 Å². The second-order valence-corrected chi connectivity index (χ2v) is 7.42. The second kappa shape index (κ2) is 9.09. The highest BCUT2D eigenvalue weighted by Gasteiger charge is 2.26. The van der Waals surface area contributed by atoms with Crippen molar-refractivity contribution in [2.24, 2.45) is 11.5 Å². The van der Waals surface area contributed by atoms with Crippen molar-refractivity contribution in [3.63, 3.8) is 0 Å². The molecule has 2 aliphatic rings. The van der Waals surface area contributed by atoms with Crippen LogP contribution < -0.4 is 11.5 Å². The first-order valence-electron chi connectivity index (χ1n) is 9.69. The van der Waals surface area contributed by atoms with Crippen LogP contribution in [0.1, 0.15) is 48.3 Å². The van der Waals surface area contributed by atoms with Crippen LogP contribution in [0.3, 0.4) is 0 Å². The van der Waals surface area contributed by atoms with Gasteiger partial charge in [0.05, 0.1) is 25.4 Å². The molecule has 2 aromatic carbocycles. The summed E-state index contributed by atoms with van der Waals surface area (Å²) in [6.07, 6.45) is 0.972. The number of ether oxygens (including phenoxy) is 2. The Balaban J connectivity index is 0.000000161. The summed E-state index contributed by atoms with van der Waals surface area (Å²) in [5, 5.41) is 0. The lowest BCUT2D eigenvalue weighted by Gasteiger charge is -2.28. The van der Waals surface area contributed by atoms with Crippen LogP contribution in [-0.4, -0.2) is 25.3 Å². The molecule has 4 atom stereocenters. The Morgan fingerprint density at radius 2 is 1.18 bits per heavy atom. The van der Waals surface area contributed by atoms with Gasteiger partial charge in [-0.25, -0.2) is 8.78 Å². The van der Waals surface area contributed by atoms with Crippen molar-refractivity contribution in [3.05, 3.63) is 70.3 Å². The predicted octanol–water partition coefficient (Wildman–Crippen LogP) is 3.57. The Hall–Kier alpha value is -1.86. The van der Waals surface area contributed by atoms with E-state index in [1.807, 2.05) is 26.0 Å². The smallest absolute Gasteiger partial charge is 0.126 e. The highest BCUT2D eigenvalue weighted by molar-refractivity contribution is 5.34. The first-order valence-corrected chi connectivity index (χ1v) is 9.69. The molecule has 4 rings (SSSR count). The number of hydrogen-bond donors (Lipinski definition) is 2. The maximum atomic E-state index is 13.4. The molecule has 0 fully saturated rings. The third-order valence-electron chi connectivity index (χ3n) is 5.18. The van der Waals surface area contributed by atoms with Gasteiger partial charge in [0, 0.05) is 12.1 Å². The molecule has 0 aromatic heterocycles. The minimum atomic E-state index is -0.158. The van der Waals surface area contributed by atoms with Crippen molar-refractivity contribution in [2.75, 3.05) is 13.2 Å². The summed E-state index contributed by atoms with van der Waals surface area (Å²) in [4.78, 5) is 0. The first-order chi connectivity index (χ1) is 13.4. The first kappa shape index (κ1) is 20.9. The fraction of sp³-hybridized carbons (Fsp3) is 0.455. The van der Waals surface area contributed by atoms with E-state index < -0.39 is 0 Å². The number of halogens is 2. The molecule has 0 unspecified atom stereocenters. The molecule has 0 saturated carbocycles. The van der Waals surface area contributed by atoms with Crippen molar-refractivity contribution in [2.45, 2.75) is 51.0 Å². The van der Waals surface area contributed by atoms with Gasteiger partial charge < -0.3 is 20.9 Å². The summed E-state index contributed by atoms with van der Waals surface area (Å²) in [6, 6.07) is 9.98. The molecule has 0 bridgehead atoms. The van der Waals surface area contributed by atoms with Crippen LogP contribution in [0.5, 0.6) is 0 Å². The number of fused-ring (bicyclic) bond motifs is 2. The third kappa shape index (κ3) is 4.41. The number of benzene rings is 2. The highest BCUT2D eigenvalue weighted by Crippen LogP contribution is 2.31. The second-order valence-electron chi connectivity index (χ2n) is 7.42. The standard InChI is InChI=1S/2C11H14FNO/c2*1-7(13)11-9-3-2-4-10(12)8(9)5-6-14-11/h2*2-4,7,11H,5-6,13H2,1H3/t2*7-,11+/m10/s1. The van der Waals surface area contributed by atoms with Gasteiger partial charge in [0.25, 0.3) is 0 Å². The molecule has 2 aromatic rings. The average Bonchev–Trinajstić information content (AvgIpc) is 2.68. The fourth-order valence-corrected chi connectivity index (χ4v) is 3.84. The summed E-state index contributed by atoms with van der Waals surface area (Å²) in [5.74, 6) is -0.284. The maximum Gasteiger partial charge on any atom is 0.126 e. The highest BCUT2D eigenvalue weighted by atomic mass is 19.1. The molecule has 4 N–H and O–H groups in total. The molecule has 4 nitrogen and oxygen atoms in total. The van der Waals surface area contributed by atoms with Gasteiger partial charge in [0.1, 0.15) is 11.6 Å². The van der Waals surface area contributed by atoms with Crippen molar-refractivity contribution >= 4 is 0 Å². The van der Waals surface area contributed by atoms with Gasteiger partial charge >= 0.3 is 0 Å². The molecule has 0 aliphatic carbocycles. The van der Waals surface area contributed by atoms with Crippen LogP contribution >= 0.6 is 0 Å². The minimum absolute atomic E-state index is 0.101. The average molecular weight is 390 g/mol. The van der Waals surface area contributed by atoms with Crippen LogP contribution in [0.2, 0.25) is 0 Å². The molecule has 0 amide bonds. The third-order valence-corrected chi connectivity index (χ3v) is 5.18. The molecule has 152 valence electrons. The SMILES string of the molecule is C[C@@H](N)[C@@H]1OCCc2c(F)cccc21.C[C@H](N)[C@H]1OCCc2c(F)cccc21. The monoisotopic (exact) mass is 390 g/mol. The van der Waals surface area contributed by atoms with E-state index in [4.69, 9.17) is 20.9 Å². The quantitative estimate of drug-likeness (QED) is 0.822. The van der Waals surface area contributed by atoms with Crippen molar-refractivity contribution in [1.82, 2.24) is 0 Å². The van der Waals surface area contributed by atoms with E-state index in [9.17, 15) is 8.78 Å². The molecule has 2 aliphatic heterocycles. The summed E-state index contributed by atoms with van der Waals surface area (Å²) in [5.41, 5.74) is 14.9. The van der Waals surface area contributed by atoms with Crippen molar-refractivity contribution in [1.29, 1.82) is 0 Å². The lowest BCUT2D eigenvalue weighted by atomic mass is 9.94. The summed E-state index contributed by atoms with van der Waals surface area (Å²) in [7, 11) is 0. The van der Waals surface area contributed by atoms with E-state index in [0.717, 1.165) is 22.3 Å². The molecule has 0 saturated heterocycles. The zero-order chi connectivity index (χ0) is 20.3. The Kier molecular flexibility index (Phi) is 6.78. The largest absolute Gasteiger partial charge is 0.372 e. The Labute approximate surface area is 164 Å². The van der Waals surface area contributed by atoms with Crippen LogP contribution in [-0.2, 0) is 22.3 Å². The van der Waals surface area contributed by atoms with Crippen molar-refractivity contribution in [3.8, 4) is 0 Å². The van der Waals surface area contributed by atoms with Gasteiger partial charge in [0.15, 0.2) is 0 Å². The van der Waals surface area contributed by atoms with E-state index in [0.29, 0.717) is 26.1 Å². The predicted molar refractivity (Wildman–Crippen MR) is 105 cm³/mol. The lowest BCUT2D eigenvalue weighted by molar-refractivity contribution is 0.0274. The van der Waals surface area contributed by atoms with Gasteiger partial charge in [-0.2, -0.15) is 0 Å². The summed E-state index contributed by atoms with van der Waals surface area (Å²) in [6.45, 7) is 4.87. The Morgan fingerprint density at radius 1 is 0.786 bits per heavy atom. The van der Waals surface area contributed by atoms with E-state index in [-0.39, 0.29) is 35.9 Å². The topological polar surface area (TPSA) is 70.5 Å². The van der Waals surface area contributed by atoms with E-state index in [2.05, 4.69) is 0 Å². The van der Waals surface area contributed by atoms with Gasteiger partial charge in [0.2, 0.25) is 0 Å². The maximum absolute atomic E-state index is 13.4. The minimum Gasteiger partial charge on any atom is -0.372 e. The molecule has 2 heterocycles. The zero-order valence-corrected chi connectivity index (χ0v) is 16.3. The van der Waals surface area contributed by atoms with Crippen molar-refractivity contribution < 1.29 is 18.3 Å². The van der Waals surface area contributed by atoms with E-state index in [1.54, 1.807) is 12.1 Å². The van der Waals surface area contributed by atoms with E-state index in [1.165, 1.54) is 12.1 Å². The summed E-state index contributed by atoms with van der Waals surface area (Å²) >= 11 is 0. The zero-order valence-electron chi connectivity index (χ0n) is 16.3. The van der Waals surface area contributed by atoms with Crippen LogP contribution in [0, 0.1) is 11.6 Å². The normalized spacial score (nSPS) is 22.9. The molecule has 6 heteroatoms. The Morgan fingerprint density at radius 3 is 1.54 bits per heavy atom. The van der Waals surface area contributed by atoms with Crippen LogP contribution in [0.25, 0.3) is 0 Å². The van der Waals surface area contributed by atoms with Gasteiger partial charge in [-0.1, -0.05) is 24.3 Å². The van der Waals surface area contributed by atoms with Crippen LogP contribution in [0.4, 0.5) is 8.78 Å². The number of hydrogen-bond acceptors (Lipinski definition) is 4. The number of nitrogens with two attached hydrogens (primary N) is 2. The molecule has 28 heavy (non-hydrogen) atoms. The van der Waals surface area contributed by atoms with Gasteiger partial charge in [-0.15, -0.1) is 0 Å². The summed E-state index contributed by atoms with van der Waals surface area (Å²) < 4.78 is 37.9. The Bertz CT molecular complexity index is 744. The molecular weight excluding hydrogens is 362 g/mol.